The number of hydrogen-bond donors (Lipinski definition) is 1. The molecule has 148 valence electrons. The van der Waals surface area contributed by atoms with Crippen LogP contribution in [0, 0.1) is 13.8 Å². The fourth-order valence-electron chi connectivity index (χ4n) is 2.79. The van der Waals surface area contributed by atoms with E-state index in [-0.39, 0.29) is 24.4 Å². The molecule has 29 heavy (non-hydrogen) atoms. The Balaban J connectivity index is 1.38. The van der Waals surface area contributed by atoms with Gasteiger partial charge in [0.25, 0.3) is 5.56 Å². The van der Waals surface area contributed by atoms with E-state index in [0.29, 0.717) is 11.1 Å². The minimum absolute atomic E-state index is 0.0947. The third kappa shape index (κ3) is 4.39. The Morgan fingerprint density at radius 2 is 2.03 bits per heavy atom. The molecule has 4 rings (SSSR count). The van der Waals surface area contributed by atoms with Gasteiger partial charge in [-0.05, 0) is 43.7 Å². The molecule has 0 saturated heterocycles. The number of fused-ring (bicyclic) bond motifs is 1. The second-order valence-electron chi connectivity index (χ2n) is 6.34. The van der Waals surface area contributed by atoms with Gasteiger partial charge in [-0.25, -0.2) is 4.98 Å². The second kappa shape index (κ2) is 8.44. The minimum atomic E-state index is -0.153. The molecule has 0 saturated carbocycles. The molecule has 1 aromatic carbocycles. The summed E-state index contributed by atoms with van der Waals surface area (Å²) in [5.74, 6) is -0.153. The molecule has 0 fully saturated rings. The van der Waals surface area contributed by atoms with Crippen LogP contribution in [0.25, 0.3) is 10.2 Å². The summed E-state index contributed by atoms with van der Waals surface area (Å²) in [6, 6.07) is 7.54. The van der Waals surface area contributed by atoms with Gasteiger partial charge in [0.15, 0.2) is 4.34 Å². The highest BCUT2D eigenvalue weighted by molar-refractivity contribution is 8.01. The molecule has 7 nitrogen and oxygen atoms in total. The molecule has 4 aromatic rings. The molecular weight excluding hydrogens is 426 g/mol. The van der Waals surface area contributed by atoms with Gasteiger partial charge in [0.1, 0.15) is 10.3 Å². The molecule has 3 heterocycles. The largest absolute Gasteiger partial charge is 0.326 e. The van der Waals surface area contributed by atoms with E-state index >= 15 is 0 Å². The predicted molar refractivity (Wildman–Crippen MR) is 117 cm³/mol. The molecule has 0 aliphatic carbocycles. The number of nitrogens with one attached hydrogen (secondary N) is 1. The summed E-state index contributed by atoms with van der Waals surface area (Å²) in [4.78, 5) is 32.2. The van der Waals surface area contributed by atoms with Gasteiger partial charge in [-0.2, -0.15) is 0 Å². The summed E-state index contributed by atoms with van der Waals surface area (Å²) in [6.45, 7) is 4.20. The maximum Gasteiger partial charge on any atom is 0.262 e. The number of anilines is 1. The van der Waals surface area contributed by atoms with Gasteiger partial charge < -0.3 is 5.32 Å². The van der Waals surface area contributed by atoms with E-state index in [1.54, 1.807) is 5.51 Å². The Morgan fingerprint density at radius 1 is 1.24 bits per heavy atom. The van der Waals surface area contributed by atoms with E-state index in [4.69, 9.17) is 0 Å². The Morgan fingerprint density at radius 3 is 2.76 bits per heavy atom. The molecule has 0 aliphatic rings. The van der Waals surface area contributed by atoms with E-state index in [1.807, 2.05) is 38.1 Å². The van der Waals surface area contributed by atoms with Crippen molar-refractivity contribution in [2.45, 2.75) is 36.0 Å². The van der Waals surface area contributed by atoms with Crippen LogP contribution in [0.15, 0.2) is 50.1 Å². The van der Waals surface area contributed by atoms with Crippen LogP contribution in [0.4, 0.5) is 5.69 Å². The van der Waals surface area contributed by atoms with Gasteiger partial charge in [0, 0.05) is 28.4 Å². The smallest absolute Gasteiger partial charge is 0.262 e. The highest BCUT2D eigenvalue weighted by Gasteiger charge is 2.13. The van der Waals surface area contributed by atoms with Crippen LogP contribution in [0.5, 0.6) is 0 Å². The average molecular weight is 444 g/mol. The van der Waals surface area contributed by atoms with E-state index in [1.165, 1.54) is 45.3 Å². The number of carbonyl (C=O) groups is 1. The van der Waals surface area contributed by atoms with Gasteiger partial charge in [-0.15, -0.1) is 21.5 Å². The van der Waals surface area contributed by atoms with Crippen LogP contribution in [0.3, 0.4) is 0 Å². The van der Waals surface area contributed by atoms with E-state index in [0.717, 1.165) is 24.5 Å². The minimum Gasteiger partial charge on any atom is -0.326 e. The summed E-state index contributed by atoms with van der Waals surface area (Å²) in [7, 11) is 0. The number of aromatic nitrogens is 4. The van der Waals surface area contributed by atoms with Gasteiger partial charge in [0.05, 0.1) is 11.7 Å². The maximum absolute atomic E-state index is 12.7. The van der Waals surface area contributed by atoms with Crippen molar-refractivity contribution in [1.29, 1.82) is 0 Å². The summed E-state index contributed by atoms with van der Waals surface area (Å²) < 4.78 is 2.37. The van der Waals surface area contributed by atoms with Crippen LogP contribution in [0.1, 0.15) is 16.9 Å². The summed E-state index contributed by atoms with van der Waals surface area (Å²) >= 11 is 4.52. The lowest BCUT2D eigenvalue weighted by Crippen LogP contribution is -2.23. The van der Waals surface area contributed by atoms with E-state index in [2.05, 4.69) is 20.5 Å². The number of carbonyl (C=O) groups excluding carboxylic acids is 1. The van der Waals surface area contributed by atoms with Gasteiger partial charge in [-0.3, -0.25) is 14.2 Å². The fraction of sp³-hybridized carbons (Fsp3) is 0.211. The van der Waals surface area contributed by atoms with Crippen molar-refractivity contribution in [3.63, 3.8) is 0 Å². The first-order valence-electron chi connectivity index (χ1n) is 8.80. The third-order valence-electron chi connectivity index (χ3n) is 4.42. The van der Waals surface area contributed by atoms with Crippen molar-refractivity contribution in [3.8, 4) is 0 Å². The number of rotatable bonds is 6. The van der Waals surface area contributed by atoms with Crippen molar-refractivity contribution in [3.05, 3.63) is 56.9 Å². The number of benzene rings is 1. The first-order valence-corrected chi connectivity index (χ1v) is 11.3. The fourth-order valence-corrected chi connectivity index (χ4v) is 5.23. The van der Waals surface area contributed by atoms with E-state index < -0.39 is 0 Å². The van der Waals surface area contributed by atoms with Crippen molar-refractivity contribution in [2.75, 3.05) is 5.32 Å². The standard InChI is InChI=1S/C19H17N5O2S3/c1-11-12(2)28-17-16(11)18(26)24(9-20-17)8-7-15(25)22-13-3-5-14(6-4-13)29-19-23-21-10-27-19/h3-6,9-10H,7-8H2,1-2H3,(H,22,25). The van der Waals surface area contributed by atoms with Crippen molar-refractivity contribution in [2.24, 2.45) is 0 Å². The quantitative estimate of drug-likeness (QED) is 0.482. The Kier molecular flexibility index (Phi) is 5.74. The zero-order valence-corrected chi connectivity index (χ0v) is 18.2. The third-order valence-corrected chi connectivity index (χ3v) is 7.32. The molecule has 10 heteroatoms. The first-order chi connectivity index (χ1) is 14.0. The predicted octanol–water partition coefficient (Wildman–Crippen LogP) is 4.11. The van der Waals surface area contributed by atoms with Gasteiger partial charge in [0.2, 0.25) is 5.91 Å². The highest BCUT2D eigenvalue weighted by atomic mass is 32.2. The topological polar surface area (TPSA) is 89.8 Å². The van der Waals surface area contributed by atoms with Crippen LogP contribution in [-0.2, 0) is 11.3 Å². The zero-order chi connectivity index (χ0) is 20.4. The molecule has 1 amide bonds. The zero-order valence-electron chi connectivity index (χ0n) is 15.7. The van der Waals surface area contributed by atoms with E-state index in [9.17, 15) is 9.59 Å². The molecular formula is C19H17N5O2S3. The average Bonchev–Trinajstić information content (AvgIpc) is 3.31. The SMILES string of the molecule is Cc1sc2ncn(CCC(=O)Nc3ccc(Sc4nncs4)cc3)c(=O)c2c1C. The number of nitrogens with zero attached hydrogens (tertiary/aromatic N) is 4. The highest BCUT2D eigenvalue weighted by Crippen LogP contribution is 2.29. The Labute approximate surface area is 178 Å². The lowest BCUT2D eigenvalue weighted by atomic mass is 10.2. The molecule has 0 aliphatic heterocycles. The molecule has 0 atom stereocenters. The summed E-state index contributed by atoms with van der Waals surface area (Å²) in [5.41, 5.74) is 3.27. The monoisotopic (exact) mass is 443 g/mol. The number of aryl methyl sites for hydroxylation is 3. The number of thiophene rings is 1. The summed E-state index contributed by atoms with van der Waals surface area (Å²) in [6.07, 6.45) is 1.71. The Hall–Kier alpha value is -2.56. The van der Waals surface area contributed by atoms with Crippen molar-refractivity contribution in [1.82, 2.24) is 19.7 Å². The molecule has 0 bridgehead atoms. The maximum atomic E-state index is 12.7. The van der Waals surface area contributed by atoms with Gasteiger partial charge >= 0.3 is 0 Å². The first kappa shape index (κ1) is 19.7. The van der Waals surface area contributed by atoms with Crippen molar-refractivity contribution < 1.29 is 4.79 Å². The number of hydrogen-bond acceptors (Lipinski definition) is 8. The lowest BCUT2D eigenvalue weighted by Gasteiger charge is -2.08. The Bertz CT molecular complexity index is 1210. The second-order valence-corrected chi connectivity index (χ2v) is 9.69. The molecule has 0 unspecified atom stereocenters. The molecule has 1 N–H and O–H groups in total. The van der Waals surface area contributed by atoms with Crippen molar-refractivity contribution >= 4 is 56.2 Å². The molecule has 0 spiro atoms. The molecule has 3 aromatic heterocycles. The normalized spacial score (nSPS) is 11.1. The summed E-state index contributed by atoms with van der Waals surface area (Å²) in [5, 5.41) is 11.3. The van der Waals surface area contributed by atoms with Crippen LogP contribution in [0.2, 0.25) is 0 Å². The number of amides is 1. The van der Waals surface area contributed by atoms with Crippen LogP contribution in [-0.4, -0.2) is 25.7 Å². The molecule has 0 radical (unpaired) electrons. The van der Waals surface area contributed by atoms with Crippen LogP contribution < -0.4 is 10.9 Å². The van der Waals surface area contributed by atoms with Gasteiger partial charge in [-0.1, -0.05) is 23.1 Å². The van der Waals surface area contributed by atoms with Crippen LogP contribution >= 0.6 is 34.4 Å². The lowest BCUT2D eigenvalue weighted by molar-refractivity contribution is -0.116.